The Morgan fingerprint density at radius 3 is 2.58 bits per heavy atom. The number of hydrogen-bond acceptors (Lipinski definition) is 3. The van der Waals surface area contributed by atoms with Crippen LogP contribution in [0.3, 0.4) is 0 Å². The molecule has 3 rings (SSSR count). The summed E-state index contributed by atoms with van der Waals surface area (Å²) in [5.74, 6) is 0.747. The number of carbonyl (C=O) groups is 1. The van der Waals surface area contributed by atoms with Crippen LogP contribution in [-0.2, 0) is 21.6 Å². The Labute approximate surface area is 155 Å². The van der Waals surface area contributed by atoms with Gasteiger partial charge in [0.1, 0.15) is 12.4 Å². The smallest absolute Gasteiger partial charge is 0.302 e. The summed E-state index contributed by atoms with van der Waals surface area (Å²) < 4.78 is 10.8. The van der Waals surface area contributed by atoms with Gasteiger partial charge < -0.3 is 9.47 Å². The van der Waals surface area contributed by atoms with Gasteiger partial charge >= 0.3 is 5.97 Å². The van der Waals surface area contributed by atoms with Gasteiger partial charge in [0.05, 0.1) is 6.61 Å². The maximum absolute atomic E-state index is 10.9. The molecule has 3 heteroatoms. The maximum Gasteiger partial charge on any atom is 0.302 e. The molecule has 26 heavy (non-hydrogen) atoms. The van der Waals surface area contributed by atoms with E-state index in [1.54, 1.807) is 0 Å². The zero-order chi connectivity index (χ0) is 18.7. The summed E-state index contributed by atoms with van der Waals surface area (Å²) in [6, 6.07) is 14.6. The number of rotatable bonds is 4. The number of hydrogen-bond donors (Lipinski definition) is 0. The van der Waals surface area contributed by atoms with E-state index >= 15 is 0 Å². The number of benzene rings is 2. The Bertz CT molecular complexity index is 829. The number of carbonyl (C=O) groups excluding carboxylic acids is 1. The summed E-state index contributed by atoms with van der Waals surface area (Å²) in [5, 5.41) is 0. The van der Waals surface area contributed by atoms with Crippen molar-refractivity contribution in [1.29, 1.82) is 0 Å². The molecule has 1 aliphatic heterocycles. The normalized spacial score (nSPS) is 15.8. The van der Waals surface area contributed by atoms with Crippen molar-refractivity contribution >= 4 is 17.6 Å². The van der Waals surface area contributed by atoms with Gasteiger partial charge in [-0.25, -0.2) is 0 Å². The topological polar surface area (TPSA) is 35.5 Å². The van der Waals surface area contributed by atoms with Gasteiger partial charge in [-0.1, -0.05) is 50.3 Å². The first-order chi connectivity index (χ1) is 12.3. The summed E-state index contributed by atoms with van der Waals surface area (Å²) in [5.41, 5.74) is 5.96. The van der Waals surface area contributed by atoms with Gasteiger partial charge in [0.15, 0.2) is 0 Å². The van der Waals surface area contributed by atoms with Crippen LogP contribution >= 0.6 is 0 Å². The lowest BCUT2D eigenvalue weighted by Crippen LogP contribution is -2.26. The van der Waals surface area contributed by atoms with Crippen LogP contribution in [0.5, 0.6) is 5.75 Å². The molecule has 2 aromatic carbocycles. The van der Waals surface area contributed by atoms with Gasteiger partial charge in [-0.2, -0.15) is 0 Å². The summed E-state index contributed by atoms with van der Waals surface area (Å²) in [4.78, 5) is 10.9. The zero-order valence-corrected chi connectivity index (χ0v) is 16.0. The van der Waals surface area contributed by atoms with Gasteiger partial charge in [0, 0.05) is 12.5 Å². The average Bonchev–Trinajstić information content (AvgIpc) is 2.60. The van der Waals surface area contributed by atoms with Crippen molar-refractivity contribution in [1.82, 2.24) is 0 Å². The first-order valence-corrected chi connectivity index (χ1v) is 9.03. The molecular weight excluding hydrogens is 324 g/mol. The van der Waals surface area contributed by atoms with Crippen molar-refractivity contribution in [3.63, 3.8) is 0 Å². The molecule has 1 aliphatic rings. The van der Waals surface area contributed by atoms with Crippen LogP contribution < -0.4 is 4.74 Å². The van der Waals surface area contributed by atoms with Crippen LogP contribution in [0.15, 0.2) is 42.5 Å². The van der Waals surface area contributed by atoms with Crippen molar-refractivity contribution in [3.05, 3.63) is 64.7 Å². The molecule has 3 nitrogen and oxygen atoms in total. The molecule has 136 valence electrons. The predicted octanol–water partition coefficient (Wildman–Crippen LogP) is 5.37. The molecule has 0 aromatic heterocycles. The second-order valence-corrected chi connectivity index (χ2v) is 7.54. The minimum atomic E-state index is -0.260. The van der Waals surface area contributed by atoms with Crippen molar-refractivity contribution in [3.8, 4) is 5.75 Å². The molecule has 0 amide bonds. The van der Waals surface area contributed by atoms with E-state index < -0.39 is 0 Å². The van der Waals surface area contributed by atoms with Gasteiger partial charge in [-0.3, -0.25) is 4.79 Å². The molecule has 0 saturated carbocycles. The molecule has 0 fully saturated rings. The standard InChI is InChI=1S/C23H26O3/c1-16(13-18-5-7-19(8-6-18)15-26-17(2)24)20-9-10-22-21(14-20)23(3,4)11-12-25-22/h5-10,13-14H,11-12,15H2,1-4H3. The highest BCUT2D eigenvalue weighted by atomic mass is 16.5. The summed E-state index contributed by atoms with van der Waals surface area (Å²) in [6.07, 6.45) is 3.21. The highest BCUT2D eigenvalue weighted by molar-refractivity contribution is 5.81. The van der Waals surface area contributed by atoms with E-state index in [-0.39, 0.29) is 11.4 Å². The zero-order valence-electron chi connectivity index (χ0n) is 16.0. The molecule has 0 aliphatic carbocycles. The Morgan fingerprint density at radius 1 is 1.15 bits per heavy atom. The summed E-state index contributed by atoms with van der Waals surface area (Å²) >= 11 is 0. The van der Waals surface area contributed by atoms with E-state index in [1.807, 2.05) is 24.3 Å². The van der Waals surface area contributed by atoms with Crippen LogP contribution in [0.1, 0.15) is 56.4 Å². The highest BCUT2D eigenvalue weighted by Crippen LogP contribution is 2.39. The first-order valence-electron chi connectivity index (χ1n) is 9.03. The van der Waals surface area contributed by atoms with E-state index in [0.717, 1.165) is 29.9 Å². The highest BCUT2D eigenvalue weighted by Gasteiger charge is 2.28. The quantitative estimate of drug-likeness (QED) is 0.549. The molecule has 0 bridgehead atoms. The average molecular weight is 350 g/mol. The third-order valence-corrected chi connectivity index (χ3v) is 4.95. The Kier molecular flexibility index (Phi) is 5.17. The molecule has 0 atom stereocenters. The van der Waals surface area contributed by atoms with E-state index in [1.165, 1.54) is 23.6 Å². The van der Waals surface area contributed by atoms with E-state index in [4.69, 9.17) is 9.47 Å². The van der Waals surface area contributed by atoms with Gasteiger partial charge in [-0.05, 0) is 53.2 Å². The minimum Gasteiger partial charge on any atom is -0.493 e. The minimum absolute atomic E-state index is 0.141. The first kappa shape index (κ1) is 18.2. The van der Waals surface area contributed by atoms with Gasteiger partial charge in [0.2, 0.25) is 0 Å². The second-order valence-electron chi connectivity index (χ2n) is 7.54. The molecule has 2 aromatic rings. The molecule has 0 spiro atoms. The van der Waals surface area contributed by atoms with Crippen molar-refractivity contribution in [2.45, 2.75) is 46.1 Å². The lowest BCUT2D eigenvalue weighted by Gasteiger charge is -2.32. The number of esters is 1. The fourth-order valence-corrected chi connectivity index (χ4v) is 3.21. The van der Waals surface area contributed by atoms with E-state index in [2.05, 4.69) is 45.0 Å². The number of ether oxygens (including phenoxy) is 2. The molecular formula is C23H26O3. The molecule has 0 saturated heterocycles. The SMILES string of the molecule is CC(=O)OCc1ccc(C=C(C)c2ccc3c(c2)C(C)(C)CCO3)cc1. The monoisotopic (exact) mass is 350 g/mol. The molecule has 1 heterocycles. The third kappa shape index (κ3) is 4.16. The fourth-order valence-electron chi connectivity index (χ4n) is 3.21. The summed E-state index contributed by atoms with van der Waals surface area (Å²) in [7, 11) is 0. The fraction of sp³-hybridized carbons (Fsp3) is 0.348. The van der Waals surface area contributed by atoms with Crippen LogP contribution in [0, 0.1) is 0 Å². The van der Waals surface area contributed by atoms with Crippen LogP contribution in [0.2, 0.25) is 0 Å². The number of allylic oxidation sites excluding steroid dienone is 1. The van der Waals surface area contributed by atoms with Gasteiger partial charge in [-0.15, -0.1) is 0 Å². The second kappa shape index (κ2) is 7.36. The van der Waals surface area contributed by atoms with Crippen LogP contribution in [0.4, 0.5) is 0 Å². The van der Waals surface area contributed by atoms with Crippen LogP contribution in [0.25, 0.3) is 11.6 Å². The largest absolute Gasteiger partial charge is 0.493 e. The Morgan fingerprint density at radius 2 is 1.88 bits per heavy atom. The van der Waals surface area contributed by atoms with E-state index in [9.17, 15) is 4.79 Å². The lowest BCUT2D eigenvalue weighted by atomic mass is 9.79. The van der Waals surface area contributed by atoms with Crippen LogP contribution in [-0.4, -0.2) is 12.6 Å². The molecule has 0 radical (unpaired) electrons. The number of fused-ring (bicyclic) bond motifs is 1. The predicted molar refractivity (Wildman–Crippen MR) is 105 cm³/mol. The maximum atomic E-state index is 10.9. The van der Waals surface area contributed by atoms with Gasteiger partial charge in [0.25, 0.3) is 0 Å². The molecule has 0 N–H and O–H groups in total. The third-order valence-electron chi connectivity index (χ3n) is 4.95. The summed E-state index contributed by atoms with van der Waals surface area (Å²) in [6.45, 7) is 9.21. The Balaban J connectivity index is 1.80. The lowest BCUT2D eigenvalue weighted by molar-refractivity contribution is -0.142. The van der Waals surface area contributed by atoms with Crippen molar-refractivity contribution < 1.29 is 14.3 Å². The Hall–Kier alpha value is -2.55. The molecule has 0 unspecified atom stereocenters. The van der Waals surface area contributed by atoms with Crippen molar-refractivity contribution in [2.75, 3.05) is 6.61 Å². The van der Waals surface area contributed by atoms with E-state index in [0.29, 0.717) is 6.61 Å². The van der Waals surface area contributed by atoms with Crippen molar-refractivity contribution in [2.24, 2.45) is 0 Å².